The third kappa shape index (κ3) is 4.19. The van der Waals surface area contributed by atoms with Crippen molar-refractivity contribution in [2.24, 2.45) is 5.92 Å². The molecule has 0 aromatic heterocycles. The van der Waals surface area contributed by atoms with Crippen LogP contribution in [0.25, 0.3) is 0 Å². The van der Waals surface area contributed by atoms with Crippen LogP contribution in [0, 0.1) is 5.92 Å². The highest BCUT2D eigenvalue weighted by Crippen LogP contribution is 2.35. The van der Waals surface area contributed by atoms with Crippen LogP contribution in [0.3, 0.4) is 0 Å². The fourth-order valence-corrected chi connectivity index (χ4v) is 3.36. The molecule has 3 nitrogen and oxygen atoms in total. The van der Waals surface area contributed by atoms with Gasteiger partial charge in [-0.2, -0.15) is 0 Å². The minimum Gasteiger partial charge on any atom is -0.394 e. The summed E-state index contributed by atoms with van der Waals surface area (Å²) in [5, 5.41) is 13.5. The van der Waals surface area contributed by atoms with Gasteiger partial charge in [0.2, 0.25) is 0 Å². The Kier molecular flexibility index (Phi) is 4.68. The van der Waals surface area contributed by atoms with Gasteiger partial charge in [0.15, 0.2) is 0 Å². The van der Waals surface area contributed by atoms with E-state index in [0.29, 0.717) is 12.6 Å². The summed E-state index contributed by atoms with van der Waals surface area (Å²) in [5.74, 6) is 1.01. The van der Waals surface area contributed by atoms with Crippen molar-refractivity contribution in [2.45, 2.75) is 82.3 Å². The molecule has 0 aromatic rings. The van der Waals surface area contributed by atoms with Crippen molar-refractivity contribution in [3.8, 4) is 0 Å². The third-order valence-corrected chi connectivity index (χ3v) is 5.42. The summed E-state index contributed by atoms with van der Waals surface area (Å²) in [7, 11) is 0. The summed E-state index contributed by atoms with van der Waals surface area (Å²) < 4.78 is 0. The van der Waals surface area contributed by atoms with Crippen molar-refractivity contribution in [2.75, 3.05) is 19.7 Å². The van der Waals surface area contributed by atoms with E-state index in [2.05, 4.69) is 17.1 Å². The Balaban J connectivity index is 1.43. The first-order valence-corrected chi connectivity index (χ1v) is 8.87. The van der Waals surface area contributed by atoms with E-state index >= 15 is 0 Å². The van der Waals surface area contributed by atoms with Gasteiger partial charge in [-0.3, -0.25) is 0 Å². The van der Waals surface area contributed by atoms with Crippen molar-refractivity contribution in [1.82, 2.24) is 10.2 Å². The highest BCUT2D eigenvalue weighted by atomic mass is 16.3. The Morgan fingerprint density at radius 2 is 1.90 bits per heavy atom. The molecule has 3 heteroatoms. The van der Waals surface area contributed by atoms with Crippen molar-refractivity contribution in [1.29, 1.82) is 0 Å². The van der Waals surface area contributed by atoms with E-state index in [1.807, 2.05) is 0 Å². The first-order valence-electron chi connectivity index (χ1n) is 8.87. The zero-order valence-electron chi connectivity index (χ0n) is 13.1. The summed E-state index contributed by atoms with van der Waals surface area (Å²) in [6.07, 6.45) is 11.8. The highest BCUT2D eigenvalue weighted by Gasteiger charge is 2.36. The maximum absolute atomic E-state index is 9.82. The van der Waals surface area contributed by atoms with Gasteiger partial charge in [0, 0.05) is 24.2 Å². The number of nitrogens with one attached hydrogen (secondary N) is 1. The summed E-state index contributed by atoms with van der Waals surface area (Å²) >= 11 is 0. The van der Waals surface area contributed by atoms with Gasteiger partial charge in [0.05, 0.1) is 6.61 Å². The number of hydrogen-bond acceptors (Lipinski definition) is 3. The molecule has 1 unspecified atom stereocenters. The van der Waals surface area contributed by atoms with Crippen LogP contribution in [-0.4, -0.2) is 47.3 Å². The maximum Gasteiger partial charge on any atom is 0.0613 e. The van der Waals surface area contributed by atoms with Gasteiger partial charge >= 0.3 is 0 Å². The average molecular weight is 280 g/mol. The second kappa shape index (κ2) is 6.33. The van der Waals surface area contributed by atoms with E-state index in [4.69, 9.17) is 0 Å². The number of hydrogen-bond donors (Lipinski definition) is 2. The van der Waals surface area contributed by atoms with E-state index in [9.17, 15) is 5.11 Å². The Labute approximate surface area is 124 Å². The van der Waals surface area contributed by atoms with Gasteiger partial charge in [-0.05, 0) is 70.3 Å². The molecule has 3 aliphatic carbocycles. The van der Waals surface area contributed by atoms with Gasteiger partial charge in [-0.25, -0.2) is 0 Å². The highest BCUT2D eigenvalue weighted by molar-refractivity contribution is 4.95. The predicted octanol–water partition coefficient (Wildman–Crippen LogP) is 2.53. The zero-order chi connectivity index (χ0) is 14.0. The van der Waals surface area contributed by atoms with Crippen molar-refractivity contribution < 1.29 is 5.11 Å². The molecule has 0 radical (unpaired) electrons. The quantitative estimate of drug-likeness (QED) is 0.610. The Hall–Kier alpha value is -0.120. The molecular formula is C17H32N2O. The topological polar surface area (TPSA) is 35.5 Å². The molecule has 116 valence electrons. The van der Waals surface area contributed by atoms with Gasteiger partial charge in [-0.1, -0.05) is 6.92 Å². The molecule has 3 aliphatic rings. The first kappa shape index (κ1) is 14.8. The molecular weight excluding hydrogens is 248 g/mol. The lowest BCUT2D eigenvalue weighted by molar-refractivity contribution is 0.135. The van der Waals surface area contributed by atoms with Crippen LogP contribution in [0.1, 0.15) is 64.7 Å². The van der Waals surface area contributed by atoms with Gasteiger partial charge in [0.1, 0.15) is 0 Å². The molecule has 3 rings (SSSR count). The monoisotopic (exact) mass is 280 g/mol. The van der Waals surface area contributed by atoms with Crippen molar-refractivity contribution in [3.63, 3.8) is 0 Å². The first-order chi connectivity index (χ1) is 9.74. The molecule has 0 spiro atoms. The Morgan fingerprint density at radius 3 is 2.40 bits per heavy atom. The van der Waals surface area contributed by atoms with Gasteiger partial charge in [0.25, 0.3) is 0 Å². The number of aliphatic hydroxyl groups is 1. The van der Waals surface area contributed by atoms with Crippen LogP contribution in [-0.2, 0) is 0 Å². The van der Waals surface area contributed by atoms with Crippen LogP contribution in [0.2, 0.25) is 0 Å². The summed E-state index contributed by atoms with van der Waals surface area (Å²) in [6.45, 7) is 5.11. The SMILES string of the molecule is CCC(CO)(CCCN(CC1CC1)C1CC1)NC1CC1. The largest absolute Gasteiger partial charge is 0.394 e. The van der Waals surface area contributed by atoms with E-state index < -0.39 is 0 Å². The van der Waals surface area contributed by atoms with Crippen LogP contribution in [0.15, 0.2) is 0 Å². The van der Waals surface area contributed by atoms with Gasteiger partial charge in [-0.15, -0.1) is 0 Å². The minimum absolute atomic E-state index is 0.00400. The van der Waals surface area contributed by atoms with Crippen molar-refractivity contribution in [3.05, 3.63) is 0 Å². The fourth-order valence-electron chi connectivity index (χ4n) is 3.36. The second-order valence-electron chi connectivity index (χ2n) is 7.48. The molecule has 2 N–H and O–H groups in total. The molecule has 3 saturated carbocycles. The zero-order valence-corrected chi connectivity index (χ0v) is 13.1. The molecule has 0 saturated heterocycles. The third-order valence-electron chi connectivity index (χ3n) is 5.42. The van der Waals surface area contributed by atoms with Crippen LogP contribution < -0.4 is 5.32 Å². The lowest BCUT2D eigenvalue weighted by Gasteiger charge is -2.33. The maximum atomic E-state index is 9.82. The molecule has 0 bridgehead atoms. The summed E-state index contributed by atoms with van der Waals surface area (Å²) in [5.41, 5.74) is -0.00400. The van der Waals surface area contributed by atoms with E-state index in [1.165, 1.54) is 58.0 Å². The molecule has 0 aliphatic heterocycles. The molecule has 1 atom stereocenters. The molecule has 0 amide bonds. The summed E-state index contributed by atoms with van der Waals surface area (Å²) in [4.78, 5) is 2.74. The van der Waals surface area contributed by atoms with Crippen molar-refractivity contribution >= 4 is 0 Å². The predicted molar refractivity (Wildman–Crippen MR) is 82.8 cm³/mol. The van der Waals surface area contributed by atoms with E-state index in [-0.39, 0.29) is 5.54 Å². The van der Waals surface area contributed by atoms with Crippen LogP contribution in [0.4, 0.5) is 0 Å². The molecule has 0 heterocycles. The Morgan fingerprint density at radius 1 is 1.15 bits per heavy atom. The standard InChI is InChI=1S/C17H32N2O/c1-2-17(13-20,18-15-6-7-15)10-3-11-19(16-8-9-16)12-14-4-5-14/h14-16,18,20H,2-13H2,1H3. The smallest absolute Gasteiger partial charge is 0.0613 e. The average Bonchev–Trinajstić information content (AvgIpc) is 3.26. The molecule has 20 heavy (non-hydrogen) atoms. The normalized spacial score (nSPS) is 25.9. The number of nitrogens with zero attached hydrogens (tertiary/aromatic N) is 1. The number of rotatable bonds is 11. The van der Waals surface area contributed by atoms with E-state index in [1.54, 1.807) is 0 Å². The summed E-state index contributed by atoms with van der Waals surface area (Å²) in [6, 6.07) is 1.59. The second-order valence-corrected chi connectivity index (χ2v) is 7.48. The molecule has 3 fully saturated rings. The minimum atomic E-state index is -0.00400. The van der Waals surface area contributed by atoms with E-state index in [0.717, 1.165) is 24.8 Å². The Bertz CT molecular complexity index is 304. The van der Waals surface area contributed by atoms with Crippen LogP contribution >= 0.6 is 0 Å². The lowest BCUT2D eigenvalue weighted by Crippen LogP contribution is -2.49. The van der Waals surface area contributed by atoms with Crippen LogP contribution in [0.5, 0.6) is 0 Å². The van der Waals surface area contributed by atoms with Gasteiger partial charge < -0.3 is 15.3 Å². The number of aliphatic hydroxyl groups excluding tert-OH is 1. The lowest BCUT2D eigenvalue weighted by atomic mass is 9.91. The molecule has 0 aromatic carbocycles. The fraction of sp³-hybridized carbons (Fsp3) is 1.00.